The molecule has 0 saturated heterocycles. The normalized spacial score (nSPS) is 13.2. The van der Waals surface area contributed by atoms with Crippen molar-refractivity contribution in [3.05, 3.63) is 76.2 Å². The number of anilines is 3. The van der Waals surface area contributed by atoms with Gasteiger partial charge in [0.1, 0.15) is 5.69 Å². The molecular weight excluding hydrogens is 318 g/mol. The van der Waals surface area contributed by atoms with E-state index in [1.54, 1.807) is 11.3 Å². The van der Waals surface area contributed by atoms with E-state index in [-0.39, 0.29) is 0 Å². The molecule has 24 heavy (non-hydrogen) atoms. The molecule has 0 spiro atoms. The SMILES string of the molecule is Cc1nc(N2N(c3ccccc3)C#[N+]N2c2ccccc2)sc1C. The lowest BCUT2D eigenvalue weighted by Gasteiger charge is -2.21. The Balaban J connectivity index is 1.80. The van der Waals surface area contributed by atoms with Gasteiger partial charge in [-0.15, -0.1) is 0 Å². The van der Waals surface area contributed by atoms with Crippen LogP contribution in [0.2, 0.25) is 0 Å². The summed E-state index contributed by atoms with van der Waals surface area (Å²) in [7, 11) is 0. The molecule has 0 atom stereocenters. The fourth-order valence-corrected chi connectivity index (χ4v) is 3.32. The van der Waals surface area contributed by atoms with Crippen molar-refractivity contribution in [3.8, 4) is 6.19 Å². The quantitative estimate of drug-likeness (QED) is 0.653. The smallest absolute Gasteiger partial charge is 0.220 e. The van der Waals surface area contributed by atoms with E-state index in [4.69, 9.17) is 4.98 Å². The molecular formula is C18H16N5S+. The van der Waals surface area contributed by atoms with Gasteiger partial charge in [-0.1, -0.05) is 47.7 Å². The number of rotatable bonds is 3. The molecule has 0 radical (unpaired) electrons. The van der Waals surface area contributed by atoms with Gasteiger partial charge >= 0.3 is 6.19 Å². The molecule has 0 N–H and O–H groups in total. The number of nitrogens with zero attached hydrogens (tertiary/aromatic N) is 5. The first-order valence-corrected chi connectivity index (χ1v) is 8.46. The van der Waals surface area contributed by atoms with Gasteiger partial charge in [-0.3, -0.25) is 0 Å². The minimum absolute atomic E-state index is 0.853. The summed E-state index contributed by atoms with van der Waals surface area (Å²) in [6, 6.07) is 20.0. The van der Waals surface area contributed by atoms with E-state index >= 15 is 0 Å². The summed E-state index contributed by atoms with van der Waals surface area (Å²) in [5, 5.41) is 6.48. The molecule has 0 unspecified atom stereocenters. The van der Waals surface area contributed by atoms with Gasteiger partial charge in [-0.25, -0.2) is 4.98 Å². The van der Waals surface area contributed by atoms with Crippen LogP contribution in [0.5, 0.6) is 0 Å². The van der Waals surface area contributed by atoms with Gasteiger partial charge < -0.3 is 0 Å². The Morgan fingerprint density at radius 1 is 0.917 bits per heavy atom. The van der Waals surface area contributed by atoms with E-state index < -0.39 is 0 Å². The first-order valence-electron chi connectivity index (χ1n) is 7.64. The number of hydrogen-bond acceptors (Lipinski definition) is 5. The van der Waals surface area contributed by atoms with Crippen molar-refractivity contribution in [2.75, 3.05) is 15.2 Å². The molecule has 0 saturated carbocycles. The molecule has 6 heteroatoms. The van der Waals surface area contributed by atoms with Crippen molar-refractivity contribution < 1.29 is 0 Å². The molecule has 0 bridgehead atoms. The zero-order chi connectivity index (χ0) is 16.5. The van der Waals surface area contributed by atoms with Crippen LogP contribution in [0.15, 0.2) is 60.7 Å². The zero-order valence-corrected chi connectivity index (χ0v) is 14.2. The van der Waals surface area contributed by atoms with E-state index in [2.05, 4.69) is 18.1 Å². The molecule has 5 nitrogen and oxygen atoms in total. The molecule has 118 valence electrons. The first-order chi connectivity index (χ1) is 11.7. The Labute approximate surface area is 144 Å². The third-order valence-corrected chi connectivity index (χ3v) is 4.82. The van der Waals surface area contributed by atoms with Crippen molar-refractivity contribution in [2.24, 2.45) is 0 Å². The Hall–Kier alpha value is -3.04. The van der Waals surface area contributed by atoms with Crippen LogP contribution in [-0.4, -0.2) is 4.98 Å². The summed E-state index contributed by atoms with van der Waals surface area (Å²) in [5.41, 5.74) is 2.96. The number of hydrogen-bond donors (Lipinski definition) is 0. The monoisotopic (exact) mass is 334 g/mol. The van der Waals surface area contributed by atoms with E-state index in [1.807, 2.05) is 82.8 Å². The third kappa shape index (κ3) is 2.45. The number of aryl methyl sites for hydroxylation is 2. The minimum Gasteiger partial charge on any atom is -0.220 e. The second kappa shape index (κ2) is 5.87. The molecule has 2 heterocycles. The van der Waals surface area contributed by atoms with Gasteiger partial charge in [0.15, 0.2) is 5.69 Å². The van der Waals surface area contributed by atoms with E-state index in [9.17, 15) is 0 Å². The van der Waals surface area contributed by atoms with Crippen LogP contribution in [0.25, 0.3) is 4.95 Å². The summed E-state index contributed by atoms with van der Waals surface area (Å²) in [5.74, 6) is 0. The minimum atomic E-state index is 0.853. The Bertz CT molecular complexity index is 840. The summed E-state index contributed by atoms with van der Waals surface area (Å²) in [6.45, 7) is 4.10. The molecule has 2 aromatic carbocycles. The maximum absolute atomic E-state index is 4.70. The van der Waals surface area contributed by atoms with Gasteiger partial charge in [0.05, 0.1) is 5.69 Å². The van der Waals surface area contributed by atoms with Gasteiger partial charge in [-0.05, 0) is 53.2 Å². The van der Waals surface area contributed by atoms with Crippen LogP contribution in [0.1, 0.15) is 10.6 Å². The lowest BCUT2D eigenvalue weighted by molar-refractivity contribution is 0.851. The third-order valence-electron chi connectivity index (χ3n) is 3.78. The maximum atomic E-state index is 4.70. The molecule has 1 aliphatic heterocycles. The van der Waals surface area contributed by atoms with Crippen LogP contribution in [0.3, 0.4) is 0 Å². The van der Waals surface area contributed by atoms with E-state index in [0.29, 0.717) is 0 Å². The fourth-order valence-electron chi connectivity index (χ4n) is 2.43. The molecule has 0 aliphatic carbocycles. The number of hydrazine groups is 2. The number of benzene rings is 2. The van der Waals surface area contributed by atoms with Gasteiger partial charge in [0, 0.05) is 10.00 Å². The molecule has 1 aliphatic rings. The summed E-state index contributed by atoms with van der Waals surface area (Å²) < 4.78 is 0. The zero-order valence-electron chi connectivity index (χ0n) is 13.4. The molecule has 1 aromatic heterocycles. The second-order valence-corrected chi connectivity index (χ2v) is 6.58. The van der Waals surface area contributed by atoms with Crippen LogP contribution < -0.4 is 15.2 Å². The van der Waals surface area contributed by atoms with Crippen molar-refractivity contribution in [1.29, 1.82) is 0 Å². The van der Waals surface area contributed by atoms with Crippen molar-refractivity contribution in [3.63, 3.8) is 0 Å². The highest BCUT2D eigenvalue weighted by Gasteiger charge is 2.41. The van der Waals surface area contributed by atoms with Crippen LogP contribution >= 0.6 is 11.3 Å². The van der Waals surface area contributed by atoms with E-state index in [1.165, 1.54) is 4.88 Å². The van der Waals surface area contributed by atoms with Crippen molar-refractivity contribution in [2.45, 2.75) is 13.8 Å². The summed E-state index contributed by atoms with van der Waals surface area (Å²) >= 11 is 1.64. The average Bonchev–Trinajstić information content (AvgIpc) is 3.20. The Morgan fingerprint density at radius 2 is 1.54 bits per heavy atom. The van der Waals surface area contributed by atoms with Crippen LogP contribution in [-0.2, 0) is 0 Å². The second-order valence-electron chi connectivity index (χ2n) is 5.40. The topological polar surface area (TPSA) is 27.0 Å². The number of para-hydroxylation sites is 2. The van der Waals surface area contributed by atoms with Crippen molar-refractivity contribution in [1.82, 2.24) is 4.98 Å². The highest BCUT2D eigenvalue weighted by molar-refractivity contribution is 7.15. The lowest BCUT2D eigenvalue weighted by Crippen LogP contribution is -2.45. The van der Waals surface area contributed by atoms with Gasteiger partial charge in [0.25, 0.3) is 5.13 Å². The molecule has 0 fully saturated rings. The maximum Gasteiger partial charge on any atom is 0.444 e. The lowest BCUT2D eigenvalue weighted by atomic mass is 10.3. The highest BCUT2D eigenvalue weighted by atomic mass is 32.1. The Morgan fingerprint density at radius 3 is 2.12 bits per heavy atom. The predicted molar refractivity (Wildman–Crippen MR) is 99.2 cm³/mol. The standard InChI is InChI=1S/C18H16N5S/c1-14-15(2)24-18(20-14)23-21(16-9-5-3-6-10-16)13-19-22(23)17-11-7-4-8-12-17/h3-12H,1-2H3/q+1. The fraction of sp³-hybridized carbons (Fsp3) is 0.111. The average molecular weight is 334 g/mol. The highest BCUT2D eigenvalue weighted by Crippen LogP contribution is 2.34. The largest absolute Gasteiger partial charge is 0.444 e. The summed E-state index contributed by atoms with van der Waals surface area (Å²) in [4.78, 5) is 10.4. The number of aromatic nitrogens is 1. The van der Waals surface area contributed by atoms with Gasteiger partial charge in [0.2, 0.25) is 0 Å². The molecule has 0 amide bonds. The number of thiazole rings is 1. The molecule has 4 rings (SSSR count). The Kier molecular flexibility index (Phi) is 3.56. The van der Waals surface area contributed by atoms with Crippen molar-refractivity contribution >= 4 is 27.8 Å². The van der Waals surface area contributed by atoms with Crippen LogP contribution in [0, 0.1) is 20.0 Å². The van der Waals surface area contributed by atoms with Gasteiger partial charge in [-0.2, -0.15) is 0 Å². The molecule has 3 aromatic rings. The van der Waals surface area contributed by atoms with Crippen LogP contribution in [0.4, 0.5) is 16.5 Å². The van der Waals surface area contributed by atoms with E-state index in [0.717, 1.165) is 22.2 Å². The summed E-state index contributed by atoms with van der Waals surface area (Å²) in [6.07, 6.45) is 3.08. The predicted octanol–water partition coefficient (Wildman–Crippen LogP) is 4.63. The first kappa shape index (κ1) is 14.5.